The molecule has 0 spiro atoms. The van der Waals surface area contributed by atoms with Gasteiger partial charge in [0.05, 0.1) is 50.3 Å². The molecule has 0 bridgehead atoms. The van der Waals surface area contributed by atoms with Crippen LogP contribution in [0.4, 0.5) is 26.3 Å². The Balaban J connectivity index is 0.000000235. The first kappa shape index (κ1) is 50.5. The Morgan fingerprint density at radius 2 is 1.08 bits per heavy atom. The number of thiazole rings is 2. The van der Waals surface area contributed by atoms with Gasteiger partial charge in [-0.15, -0.1) is 22.7 Å². The fraction of sp³-hybridized carbons (Fsp3) is 0.304. The van der Waals surface area contributed by atoms with Crippen LogP contribution in [0.15, 0.2) is 84.9 Å². The first-order valence-corrected chi connectivity index (χ1v) is 22.0. The van der Waals surface area contributed by atoms with Crippen LogP contribution in [-0.4, -0.2) is 33.4 Å². The molecule has 0 aliphatic carbocycles. The molecule has 2 heterocycles. The van der Waals surface area contributed by atoms with Gasteiger partial charge in [-0.05, 0) is 80.3 Å². The van der Waals surface area contributed by atoms with Crippen LogP contribution in [0.2, 0.25) is 10.0 Å². The minimum Gasteiger partial charge on any atom is -0.508 e. The average Bonchev–Trinajstić information content (AvgIpc) is 3.86. The van der Waals surface area contributed by atoms with Crippen molar-refractivity contribution < 1.29 is 41.3 Å². The number of halogens is 8. The second kappa shape index (κ2) is 24.1. The number of ether oxygens (including phenoxy) is 1. The number of hydrogen-bond donors (Lipinski definition) is 2. The molecule has 0 amide bonds. The number of phenols is 1. The quantitative estimate of drug-likeness (QED) is 0.104. The number of nitriles is 2. The number of aryl methyl sites for hydroxylation is 2. The molecule has 6 aromatic rings. The van der Waals surface area contributed by atoms with E-state index in [1.807, 2.05) is 12.1 Å². The zero-order chi connectivity index (χ0) is 46.2. The van der Waals surface area contributed by atoms with E-state index in [1.165, 1.54) is 65.1 Å². The van der Waals surface area contributed by atoms with Crippen molar-refractivity contribution in [3.05, 3.63) is 138 Å². The molecule has 0 saturated carbocycles. The lowest BCUT2D eigenvalue weighted by Crippen LogP contribution is -2.03. The summed E-state index contributed by atoms with van der Waals surface area (Å²) < 4.78 is 82.0. The first-order chi connectivity index (χ1) is 30.0. The van der Waals surface area contributed by atoms with E-state index in [0.29, 0.717) is 62.5 Å². The van der Waals surface area contributed by atoms with Gasteiger partial charge in [-0.3, -0.25) is 0 Å². The molecule has 0 aliphatic heterocycles. The van der Waals surface area contributed by atoms with Crippen LogP contribution in [-0.2, 0) is 38.0 Å². The van der Waals surface area contributed by atoms with Crippen LogP contribution >= 0.6 is 45.9 Å². The van der Waals surface area contributed by atoms with E-state index in [0.717, 1.165) is 83.9 Å². The minimum absolute atomic E-state index is 0.0494. The Bertz CT molecular complexity index is 2480. The maximum atomic E-state index is 12.8. The molecule has 6 rings (SSSR count). The van der Waals surface area contributed by atoms with Crippen molar-refractivity contribution in [3.8, 4) is 44.8 Å². The lowest BCUT2D eigenvalue weighted by molar-refractivity contribution is -0.138. The Labute approximate surface area is 379 Å². The van der Waals surface area contributed by atoms with Crippen LogP contribution in [0.3, 0.4) is 0 Å². The van der Waals surface area contributed by atoms with Crippen LogP contribution in [0.25, 0.3) is 21.1 Å². The molecule has 0 aliphatic rings. The summed E-state index contributed by atoms with van der Waals surface area (Å²) in [7, 11) is 0. The van der Waals surface area contributed by atoms with E-state index in [2.05, 4.69) is 18.8 Å². The number of hydrogen-bond acceptors (Lipinski definition) is 9. The molecule has 332 valence electrons. The molecule has 0 atom stereocenters. The Morgan fingerprint density at radius 3 is 1.48 bits per heavy atom. The number of benzene rings is 4. The third-order valence-corrected chi connectivity index (χ3v) is 12.1. The molecular formula is C46H42Cl2F6N4O3S2. The van der Waals surface area contributed by atoms with Gasteiger partial charge >= 0.3 is 12.4 Å². The number of aliphatic hydroxyl groups excluding tert-OH is 1. The fourth-order valence-corrected chi connectivity index (χ4v) is 8.35. The highest BCUT2D eigenvalue weighted by Gasteiger charge is 2.31. The lowest BCUT2D eigenvalue weighted by atomic mass is 10.1. The number of nitrogens with zero attached hydrogens (tertiary/aromatic N) is 4. The fourth-order valence-electron chi connectivity index (χ4n) is 5.72. The van der Waals surface area contributed by atoms with Gasteiger partial charge in [0.25, 0.3) is 0 Å². The zero-order valence-electron chi connectivity index (χ0n) is 34.1. The van der Waals surface area contributed by atoms with Crippen molar-refractivity contribution in [1.29, 1.82) is 10.5 Å². The summed E-state index contributed by atoms with van der Waals surface area (Å²) >= 11 is 14.5. The van der Waals surface area contributed by atoms with Gasteiger partial charge in [-0.2, -0.15) is 36.9 Å². The van der Waals surface area contributed by atoms with E-state index in [4.69, 9.17) is 53.7 Å². The van der Waals surface area contributed by atoms with Gasteiger partial charge < -0.3 is 14.9 Å². The van der Waals surface area contributed by atoms with Crippen molar-refractivity contribution in [2.45, 2.75) is 77.6 Å². The van der Waals surface area contributed by atoms with Crippen LogP contribution in [0.1, 0.15) is 82.9 Å². The summed E-state index contributed by atoms with van der Waals surface area (Å²) in [4.78, 5) is 11.3. The molecule has 4 aromatic carbocycles. The van der Waals surface area contributed by atoms with E-state index >= 15 is 0 Å². The molecule has 0 saturated heterocycles. The maximum absolute atomic E-state index is 12.8. The molecule has 2 N–H and O–H groups in total. The Morgan fingerprint density at radius 1 is 0.635 bits per heavy atom. The minimum atomic E-state index is -4.36. The van der Waals surface area contributed by atoms with E-state index in [1.54, 1.807) is 18.2 Å². The standard InChI is InChI=1S/C23H20ClF3N2OS.C16H18F3NOS.C7H4ClNO/c1-2-3-4-20-21(11-12-30-18-10-7-16(14-28)19(24)13-18)31-22(29-20)15-5-8-17(9-6-15)23(25,26)27;1-2-3-4-13-14(9-10-21)22-15(20-13)11-5-7-12(8-6-11)16(17,18)19;8-7-3-6(10)2-1-5(7)4-9/h5-10,13H,2-4,11-12H2,1H3;5-8,21H,2-4,9-10H2,1H3;1-3,10H. The van der Waals surface area contributed by atoms with Crippen LogP contribution in [0.5, 0.6) is 11.5 Å². The normalized spacial score (nSPS) is 11.1. The van der Waals surface area contributed by atoms with Crippen molar-refractivity contribution in [2.24, 2.45) is 0 Å². The number of aromatic hydroxyl groups is 1. The number of phenolic OH excluding ortho intramolecular Hbond substituents is 1. The Kier molecular flexibility index (Phi) is 19.3. The first-order valence-electron chi connectivity index (χ1n) is 19.6. The molecule has 2 aromatic heterocycles. The molecule has 17 heteroatoms. The van der Waals surface area contributed by atoms with Crippen molar-refractivity contribution in [3.63, 3.8) is 0 Å². The van der Waals surface area contributed by atoms with E-state index in [-0.39, 0.29) is 17.4 Å². The maximum Gasteiger partial charge on any atom is 0.416 e. The monoisotopic (exact) mass is 946 g/mol. The molecule has 63 heavy (non-hydrogen) atoms. The molecule has 0 fully saturated rings. The zero-order valence-corrected chi connectivity index (χ0v) is 37.2. The predicted molar refractivity (Wildman–Crippen MR) is 236 cm³/mol. The summed E-state index contributed by atoms with van der Waals surface area (Å²) in [5.41, 5.74) is 2.70. The number of aromatic nitrogens is 2. The van der Waals surface area contributed by atoms with Gasteiger partial charge in [-0.25, -0.2) is 9.97 Å². The van der Waals surface area contributed by atoms with Gasteiger partial charge in [0, 0.05) is 46.4 Å². The summed E-state index contributed by atoms with van der Waals surface area (Å²) in [5, 5.41) is 37.3. The van der Waals surface area contributed by atoms with E-state index in [9.17, 15) is 26.3 Å². The van der Waals surface area contributed by atoms with Gasteiger partial charge in [-0.1, -0.05) is 74.2 Å². The summed E-state index contributed by atoms with van der Waals surface area (Å²) in [5.74, 6) is 0.649. The number of aliphatic hydroxyl groups is 1. The second-order valence-corrected chi connectivity index (χ2v) is 16.7. The van der Waals surface area contributed by atoms with Gasteiger partial charge in [0.1, 0.15) is 33.7 Å². The topological polar surface area (TPSA) is 123 Å². The van der Waals surface area contributed by atoms with Gasteiger partial charge in [0.15, 0.2) is 0 Å². The summed E-state index contributed by atoms with van der Waals surface area (Å²) in [6.45, 7) is 4.64. The largest absolute Gasteiger partial charge is 0.508 e. The SMILES string of the molecule is CCCCc1nc(-c2ccc(C(F)(F)F)cc2)sc1CCO.CCCCc1nc(-c2ccc(C(F)(F)F)cc2)sc1CCOc1ccc(C#N)c(Cl)c1.N#Cc1ccc(O)cc1Cl. The average molecular weight is 948 g/mol. The summed E-state index contributed by atoms with van der Waals surface area (Å²) in [6.07, 6.45) is -1.82. The number of unbranched alkanes of at least 4 members (excludes halogenated alkanes) is 2. The third kappa shape index (κ3) is 15.3. The number of rotatable bonds is 14. The van der Waals surface area contributed by atoms with Crippen molar-refractivity contribution in [1.82, 2.24) is 9.97 Å². The van der Waals surface area contributed by atoms with E-state index < -0.39 is 23.5 Å². The molecule has 7 nitrogen and oxygen atoms in total. The molecular weight excluding hydrogens is 906 g/mol. The highest BCUT2D eigenvalue weighted by atomic mass is 35.5. The molecule has 0 radical (unpaired) electrons. The molecule has 0 unspecified atom stereocenters. The van der Waals surface area contributed by atoms with Crippen LogP contribution in [0, 0.1) is 22.7 Å². The highest BCUT2D eigenvalue weighted by molar-refractivity contribution is 7.15. The second-order valence-electron chi connectivity index (χ2n) is 13.7. The van der Waals surface area contributed by atoms with Crippen molar-refractivity contribution in [2.75, 3.05) is 13.2 Å². The lowest BCUT2D eigenvalue weighted by Gasteiger charge is -2.07. The smallest absolute Gasteiger partial charge is 0.416 e. The van der Waals surface area contributed by atoms with Crippen LogP contribution < -0.4 is 4.74 Å². The Hall–Kier alpha value is -5.16. The van der Waals surface area contributed by atoms with Gasteiger partial charge in [0.2, 0.25) is 0 Å². The third-order valence-electron chi connectivity index (χ3n) is 9.08. The van der Waals surface area contributed by atoms with Crippen molar-refractivity contribution >= 4 is 45.9 Å². The predicted octanol–water partition coefficient (Wildman–Crippen LogP) is 13.9. The summed E-state index contributed by atoms with van der Waals surface area (Å²) in [6, 6.07) is 23.2. The number of alkyl halides is 6. The highest BCUT2D eigenvalue weighted by Crippen LogP contribution is 2.35.